The second-order valence-corrected chi connectivity index (χ2v) is 7.98. The average Bonchev–Trinajstić information content (AvgIpc) is 3.22. The van der Waals surface area contributed by atoms with E-state index in [1.165, 1.54) is 33.4 Å². The van der Waals surface area contributed by atoms with Gasteiger partial charge in [-0.1, -0.05) is 24.3 Å². The van der Waals surface area contributed by atoms with Gasteiger partial charge < -0.3 is 9.88 Å². The molecule has 1 aliphatic rings. The quantitative estimate of drug-likeness (QED) is 0.689. The number of carbonyl (C=O) groups is 1. The van der Waals surface area contributed by atoms with Crippen molar-refractivity contribution in [1.82, 2.24) is 19.8 Å². The molecule has 0 saturated carbocycles. The zero-order valence-corrected chi connectivity index (χ0v) is 16.3. The Kier molecular flexibility index (Phi) is 4.80. The van der Waals surface area contributed by atoms with Crippen LogP contribution in [0.25, 0.3) is 10.2 Å². The molecular formula is C20H22N4O2S. The van der Waals surface area contributed by atoms with E-state index in [1.54, 1.807) is 7.05 Å². The lowest BCUT2D eigenvalue weighted by molar-refractivity contribution is 0.0955. The summed E-state index contributed by atoms with van der Waals surface area (Å²) in [6.45, 7) is 5.34. The second-order valence-electron chi connectivity index (χ2n) is 6.99. The summed E-state index contributed by atoms with van der Waals surface area (Å²) in [5.74, 6) is -0.123. The van der Waals surface area contributed by atoms with Crippen LogP contribution in [-0.2, 0) is 20.1 Å². The zero-order valence-electron chi connectivity index (χ0n) is 15.5. The van der Waals surface area contributed by atoms with E-state index in [0.717, 1.165) is 31.6 Å². The van der Waals surface area contributed by atoms with Crippen molar-refractivity contribution in [2.75, 3.05) is 13.1 Å². The van der Waals surface area contributed by atoms with Gasteiger partial charge in [-0.25, -0.2) is 4.98 Å². The second kappa shape index (κ2) is 7.25. The van der Waals surface area contributed by atoms with Gasteiger partial charge in [0.25, 0.3) is 11.5 Å². The van der Waals surface area contributed by atoms with Crippen molar-refractivity contribution < 1.29 is 4.79 Å². The van der Waals surface area contributed by atoms with E-state index >= 15 is 0 Å². The number of hydrogen-bond donors (Lipinski definition) is 1. The molecule has 0 unspecified atom stereocenters. The molecule has 0 radical (unpaired) electrons. The molecule has 3 heterocycles. The van der Waals surface area contributed by atoms with Gasteiger partial charge in [-0.15, -0.1) is 11.3 Å². The Morgan fingerprint density at radius 3 is 2.67 bits per heavy atom. The molecule has 0 saturated heterocycles. The summed E-state index contributed by atoms with van der Waals surface area (Å²) in [5, 5.41) is 3.53. The minimum atomic E-state index is -0.123. The van der Waals surface area contributed by atoms with Crippen molar-refractivity contribution in [3.63, 3.8) is 0 Å². The first-order valence-corrected chi connectivity index (χ1v) is 9.88. The highest BCUT2D eigenvalue weighted by Crippen LogP contribution is 2.26. The highest BCUT2D eigenvalue weighted by Gasteiger charge is 2.20. The molecule has 0 aliphatic carbocycles. The van der Waals surface area contributed by atoms with Crippen molar-refractivity contribution in [1.29, 1.82) is 0 Å². The molecule has 27 heavy (non-hydrogen) atoms. The number of fused-ring (bicyclic) bond motifs is 2. The van der Waals surface area contributed by atoms with Crippen LogP contribution in [0.2, 0.25) is 0 Å². The van der Waals surface area contributed by atoms with Crippen LogP contribution in [0.4, 0.5) is 0 Å². The van der Waals surface area contributed by atoms with Gasteiger partial charge in [0, 0.05) is 33.2 Å². The molecular weight excluding hydrogens is 360 g/mol. The minimum Gasteiger partial charge on any atom is -0.351 e. The molecule has 2 aromatic heterocycles. The number of nitrogens with one attached hydrogen (secondary N) is 1. The van der Waals surface area contributed by atoms with Crippen molar-refractivity contribution >= 4 is 27.5 Å². The summed E-state index contributed by atoms with van der Waals surface area (Å²) < 4.78 is 1.44. The predicted molar refractivity (Wildman–Crippen MR) is 107 cm³/mol. The fraction of sp³-hybridized carbons (Fsp3) is 0.350. The van der Waals surface area contributed by atoms with Crippen LogP contribution in [0.15, 0.2) is 35.4 Å². The standard InChI is InChI=1S/C20H22N4O2S/c1-13-16-19(22-12-23(2)20(16)26)27-17(13)18(25)21-8-5-9-24-10-14-6-3-4-7-15(14)11-24/h3-4,6-7,12H,5,8-11H2,1-2H3,(H,21,25). The van der Waals surface area contributed by atoms with Crippen LogP contribution in [-0.4, -0.2) is 33.4 Å². The predicted octanol–water partition coefficient (Wildman–Crippen LogP) is 2.44. The van der Waals surface area contributed by atoms with Gasteiger partial charge in [-0.2, -0.15) is 0 Å². The molecule has 140 valence electrons. The molecule has 0 atom stereocenters. The molecule has 1 aliphatic heterocycles. The Hall–Kier alpha value is -2.51. The van der Waals surface area contributed by atoms with E-state index in [-0.39, 0.29) is 11.5 Å². The van der Waals surface area contributed by atoms with Crippen LogP contribution in [0.3, 0.4) is 0 Å². The third kappa shape index (κ3) is 3.40. The van der Waals surface area contributed by atoms with Crippen LogP contribution in [0.5, 0.6) is 0 Å². The molecule has 3 aromatic rings. The van der Waals surface area contributed by atoms with Gasteiger partial charge in [0.2, 0.25) is 0 Å². The van der Waals surface area contributed by atoms with Crippen molar-refractivity contribution in [3.05, 3.63) is 62.5 Å². The van der Waals surface area contributed by atoms with Gasteiger partial charge in [0.15, 0.2) is 0 Å². The largest absolute Gasteiger partial charge is 0.351 e. The lowest BCUT2D eigenvalue weighted by Crippen LogP contribution is -2.27. The van der Waals surface area contributed by atoms with Crippen molar-refractivity contribution in [3.8, 4) is 0 Å². The maximum atomic E-state index is 12.6. The van der Waals surface area contributed by atoms with E-state index < -0.39 is 0 Å². The van der Waals surface area contributed by atoms with Crippen molar-refractivity contribution in [2.24, 2.45) is 7.05 Å². The maximum absolute atomic E-state index is 12.6. The Balaban J connectivity index is 1.34. The van der Waals surface area contributed by atoms with E-state index in [9.17, 15) is 9.59 Å². The number of thiophene rings is 1. The fourth-order valence-electron chi connectivity index (χ4n) is 3.57. The van der Waals surface area contributed by atoms with Crippen LogP contribution < -0.4 is 10.9 Å². The number of benzene rings is 1. The van der Waals surface area contributed by atoms with Crippen LogP contribution in [0, 0.1) is 6.92 Å². The topological polar surface area (TPSA) is 67.2 Å². The molecule has 0 fully saturated rings. The Morgan fingerprint density at radius 1 is 1.26 bits per heavy atom. The highest BCUT2D eigenvalue weighted by atomic mass is 32.1. The average molecular weight is 382 g/mol. The fourth-order valence-corrected chi connectivity index (χ4v) is 4.63. The molecule has 1 aromatic carbocycles. The molecule has 1 N–H and O–H groups in total. The summed E-state index contributed by atoms with van der Waals surface area (Å²) >= 11 is 1.28. The summed E-state index contributed by atoms with van der Waals surface area (Å²) in [6, 6.07) is 8.52. The molecule has 0 spiro atoms. The van der Waals surface area contributed by atoms with E-state index in [4.69, 9.17) is 0 Å². The first kappa shape index (κ1) is 17.9. The van der Waals surface area contributed by atoms with Gasteiger partial charge in [-0.05, 0) is 30.0 Å². The number of aromatic nitrogens is 2. The Labute approximate surface area is 161 Å². The van der Waals surface area contributed by atoms with Gasteiger partial charge >= 0.3 is 0 Å². The van der Waals surface area contributed by atoms with Gasteiger partial charge in [0.05, 0.1) is 16.6 Å². The monoisotopic (exact) mass is 382 g/mol. The molecule has 1 amide bonds. The van der Waals surface area contributed by atoms with E-state index in [2.05, 4.69) is 39.5 Å². The minimum absolute atomic E-state index is 0.110. The molecule has 0 bridgehead atoms. The zero-order chi connectivity index (χ0) is 19.0. The maximum Gasteiger partial charge on any atom is 0.262 e. The number of rotatable bonds is 5. The Bertz CT molecular complexity index is 1040. The molecule has 4 rings (SSSR count). The van der Waals surface area contributed by atoms with Crippen LogP contribution >= 0.6 is 11.3 Å². The summed E-state index contributed by atoms with van der Waals surface area (Å²) in [5.41, 5.74) is 3.41. The number of carbonyl (C=O) groups excluding carboxylic acids is 1. The number of amides is 1. The number of nitrogens with zero attached hydrogens (tertiary/aromatic N) is 3. The van der Waals surface area contributed by atoms with E-state index in [0.29, 0.717) is 21.6 Å². The lowest BCUT2D eigenvalue weighted by Gasteiger charge is -2.14. The van der Waals surface area contributed by atoms with E-state index in [1.807, 2.05) is 6.92 Å². The van der Waals surface area contributed by atoms with Crippen molar-refractivity contribution in [2.45, 2.75) is 26.4 Å². The first-order chi connectivity index (χ1) is 13.0. The lowest BCUT2D eigenvalue weighted by atomic mass is 10.1. The summed E-state index contributed by atoms with van der Waals surface area (Å²) in [6.07, 6.45) is 2.39. The smallest absolute Gasteiger partial charge is 0.262 e. The highest BCUT2D eigenvalue weighted by molar-refractivity contribution is 7.20. The first-order valence-electron chi connectivity index (χ1n) is 9.06. The summed E-state index contributed by atoms with van der Waals surface area (Å²) in [7, 11) is 1.67. The van der Waals surface area contributed by atoms with Gasteiger partial charge in [-0.3, -0.25) is 14.5 Å². The number of hydrogen-bond acceptors (Lipinski definition) is 5. The Morgan fingerprint density at radius 2 is 1.96 bits per heavy atom. The number of aryl methyl sites for hydroxylation is 2. The van der Waals surface area contributed by atoms with Gasteiger partial charge in [0.1, 0.15) is 4.83 Å². The summed E-state index contributed by atoms with van der Waals surface area (Å²) in [4.78, 5) is 32.7. The third-order valence-electron chi connectivity index (χ3n) is 5.06. The SMILES string of the molecule is Cc1c(C(=O)NCCCN2Cc3ccccc3C2)sc2ncn(C)c(=O)c12. The van der Waals surface area contributed by atoms with Crippen LogP contribution in [0.1, 0.15) is 32.8 Å². The normalized spacial score (nSPS) is 13.9. The molecule has 6 nitrogen and oxygen atoms in total. The molecule has 7 heteroatoms. The third-order valence-corrected chi connectivity index (χ3v) is 6.26.